The van der Waals surface area contributed by atoms with Gasteiger partial charge in [-0.25, -0.2) is 4.39 Å². The van der Waals surface area contributed by atoms with Crippen LogP contribution in [0.5, 0.6) is 5.75 Å². The molecule has 18 heavy (non-hydrogen) atoms. The minimum absolute atomic E-state index is 0.0896. The van der Waals surface area contributed by atoms with Gasteiger partial charge in [0.05, 0.1) is 0 Å². The Kier molecular flexibility index (Phi) is 4.46. The van der Waals surface area contributed by atoms with E-state index in [9.17, 15) is 4.39 Å². The average molecular weight is 272 g/mol. The van der Waals surface area contributed by atoms with Crippen LogP contribution in [0.2, 0.25) is 0 Å². The second kappa shape index (κ2) is 5.89. The quantitative estimate of drug-likeness (QED) is 0.832. The fourth-order valence-corrected chi connectivity index (χ4v) is 2.32. The van der Waals surface area contributed by atoms with Gasteiger partial charge in [0.1, 0.15) is 17.7 Å². The number of rotatable bonds is 5. The lowest BCUT2D eigenvalue weighted by atomic mass is 10.1. The molecule has 0 saturated heterocycles. The van der Waals surface area contributed by atoms with Crippen molar-refractivity contribution in [3.05, 3.63) is 29.6 Å². The lowest BCUT2D eigenvalue weighted by molar-refractivity contribution is 0.217. The second-order valence-corrected chi connectivity index (χ2v) is 5.33. The Morgan fingerprint density at radius 1 is 1.50 bits per heavy atom. The zero-order valence-electron chi connectivity index (χ0n) is 10.7. The Morgan fingerprint density at radius 2 is 2.28 bits per heavy atom. The van der Waals surface area contributed by atoms with Gasteiger partial charge in [0.25, 0.3) is 0 Å². The minimum Gasteiger partial charge on any atom is -0.488 e. The molecule has 2 nitrogen and oxygen atoms in total. The highest BCUT2D eigenvalue weighted by atomic mass is 35.5. The number of benzene rings is 1. The molecular weight excluding hydrogens is 253 g/mol. The molecule has 3 unspecified atom stereocenters. The van der Waals surface area contributed by atoms with Crippen molar-refractivity contribution in [3.63, 3.8) is 0 Å². The van der Waals surface area contributed by atoms with Crippen LogP contribution in [0.1, 0.15) is 19.4 Å². The number of alkyl halides is 1. The van der Waals surface area contributed by atoms with Gasteiger partial charge in [-0.05, 0) is 31.0 Å². The summed E-state index contributed by atoms with van der Waals surface area (Å²) in [5.41, 5.74) is 0.958. The molecule has 1 aromatic carbocycles. The molecule has 1 aliphatic rings. The molecular formula is C14H19ClFNO. The topological polar surface area (TPSA) is 21.3 Å². The molecule has 0 saturated carbocycles. The van der Waals surface area contributed by atoms with Crippen molar-refractivity contribution in [2.45, 2.75) is 32.4 Å². The first-order valence-electron chi connectivity index (χ1n) is 6.34. The molecule has 0 fully saturated rings. The van der Waals surface area contributed by atoms with Crippen molar-refractivity contribution < 1.29 is 9.13 Å². The molecule has 2 rings (SSSR count). The first-order chi connectivity index (χ1) is 8.60. The zero-order chi connectivity index (χ0) is 13.1. The van der Waals surface area contributed by atoms with Gasteiger partial charge in [-0.15, -0.1) is 11.6 Å². The number of ether oxygens (including phenoxy) is 1. The molecule has 0 radical (unpaired) electrons. The van der Waals surface area contributed by atoms with Crippen LogP contribution in [0.25, 0.3) is 0 Å². The van der Waals surface area contributed by atoms with E-state index in [1.165, 1.54) is 6.07 Å². The molecule has 1 heterocycles. The van der Waals surface area contributed by atoms with Gasteiger partial charge in [-0.1, -0.05) is 6.92 Å². The molecule has 0 bridgehead atoms. The monoisotopic (exact) mass is 271 g/mol. The van der Waals surface area contributed by atoms with Gasteiger partial charge in [0, 0.05) is 30.5 Å². The molecule has 1 aliphatic heterocycles. The van der Waals surface area contributed by atoms with Crippen LogP contribution < -0.4 is 10.1 Å². The summed E-state index contributed by atoms with van der Waals surface area (Å²) in [6.07, 6.45) is 0.856. The van der Waals surface area contributed by atoms with E-state index in [1.54, 1.807) is 12.1 Å². The highest BCUT2D eigenvalue weighted by Crippen LogP contribution is 2.29. The maximum Gasteiger partial charge on any atom is 0.123 e. The third kappa shape index (κ3) is 3.15. The molecule has 100 valence electrons. The summed E-state index contributed by atoms with van der Waals surface area (Å²) in [7, 11) is 0. The Hall–Kier alpha value is -0.800. The van der Waals surface area contributed by atoms with E-state index in [0.29, 0.717) is 17.8 Å². The third-order valence-corrected chi connectivity index (χ3v) is 4.01. The minimum atomic E-state index is -0.199. The largest absolute Gasteiger partial charge is 0.488 e. The van der Waals surface area contributed by atoms with Crippen molar-refractivity contribution in [3.8, 4) is 5.75 Å². The molecule has 0 amide bonds. The standard InChI is InChI=1S/C14H19ClFNO/c1-9(7-15)10(2)17-8-13-6-11-5-12(16)3-4-14(11)18-13/h3-5,9-10,13,17H,6-8H2,1-2H3. The van der Waals surface area contributed by atoms with Crippen LogP contribution in [-0.2, 0) is 6.42 Å². The van der Waals surface area contributed by atoms with Crippen LogP contribution in [0.4, 0.5) is 4.39 Å². The summed E-state index contributed by atoms with van der Waals surface area (Å²) < 4.78 is 18.8. The van der Waals surface area contributed by atoms with Gasteiger partial charge in [0.2, 0.25) is 0 Å². The molecule has 4 heteroatoms. The zero-order valence-corrected chi connectivity index (χ0v) is 11.5. The third-order valence-electron chi connectivity index (χ3n) is 3.53. The molecule has 0 aromatic heterocycles. The van der Waals surface area contributed by atoms with Crippen molar-refractivity contribution in [2.75, 3.05) is 12.4 Å². The van der Waals surface area contributed by atoms with E-state index in [2.05, 4.69) is 19.2 Å². The maximum absolute atomic E-state index is 13.1. The highest BCUT2D eigenvalue weighted by Gasteiger charge is 2.24. The Morgan fingerprint density at radius 3 is 3.00 bits per heavy atom. The molecule has 3 atom stereocenters. The number of hydrogen-bond donors (Lipinski definition) is 1. The van der Waals surface area contributed by atoms with E-state index in [-0.39, 0.29) is 11.9 Å². The number of halogens is 2. The fourth-order valence-electron chi connectivity index (χ4n) is 2.06. The van der Waals surface area contributed by atoms with Crippen LogP contribution in [0.15, 0.2) is 18.2 Å². The first-order valence-corrected chi connectivity index (χ1v) is 6.88. The van der Waals surface area contributed by atoms with Crippen LogP contribution in [-0.4, -0.2) is 24.6 Å². The Labute approximate surface area is 112 Å². The maximum atomic E-state index is 13.1. The number of nitrogens with one attached hydrogen (secondary N) is 1. The summed E-state index contributed by atoms with van der Waals surface area (Å²) >= 11 is 5.82. The predicted octanol–water partition coefficient (Wildman–Crippen LogP) is 2.98. The van der Waals surface area contributed by atoms with Gasteiger partial charge in [0.15, 0.2) is 0 Å². The summed E-state index contributed by atoms with van der Waals surface area (Å²) in [6.45, 7) is 5.00. The smallest absolute Gasteiger partial charge is 0.123 e. The van der Waals surface area contributed by atoms with Gasteiger partial charge >= 0.3 is 0 Å². The normalized spacial score (nSPS) is 21.2. The van der Waals surface area contributed by atoms with Crippen molar-refractivity contribution in [2.24, 2.45) is 5.92 Å². The molecule has 0 spiro atoms. The van der Waals surface area contributed by atoms with E-state index >= 15 is 0 Å². The lowest BCUT2D eigenvalue weighted by Crippen LogP contribution is -2.39. The molecule has 1 N–H and O–H groups in total. The summed E-state index contributed by atoms with van der Waals surface area (Å²) in [5.74, 6) is 1.68. The molecule has 0 aliphatic carbocycles. The van der Waals surface area contributed by atoms with Gasteiger partial charge in [-0.3, -0.25) is 0 Å². The van der Waals surface area contributed by atoms with E-state index < -0.39 is 0 Å². The van der Waals surface area contributed by atoms with E-state index in [1.807, 2.05) is 0 Å². The predicted molar refractivity (Wildman–Crippen MR) is 71.9 cm³/mol. The molecule has 1 aromatic rings. The van der Waals surface area contributed by atoms with E-state index in [4.69, 9.17) is 16.3 Å². The lowest BCUT2D eigenvalue weighted by Gasteiger charge is -2.21. The summed E-state index contributed by atoms with van der Waals surface area (Å²) in [5, 5.41) is 3.42. The second-order valence-electron chi connectivity index (χ2n) is 5.02. The van der Waals surface area contributed by atoms with Crippen LogP contribution >= 0.6 is 11.6 Å². The number of hydrogen-bond acceptors (Lipinski definition) is 2. The van der Waals surface area contributed by atoms with Gasteiger partial charge in [-0.2, -0.15) is 0 Å². The summed E-state index contributed by atoms with van der Waals surface area (Å²) in [6, 6.07) is 5.05. The number of fused-ring (bicyclic) bond motifs is 1. The SMILES string of the molecule is CC(CCl)C(C)NCC1Cc2cc(F)ccc2O1. The van der Waals surface area contributed by atoms with Gasteiger partial charge < -0.3 is 10.1 Å². The first kappa shape index (κ1) is 13.6. The summed E-state index contributed by atoms with van der Waals surface area (Å²) in [4.78, 5) is 0. The van der Waals surface area contributed by atoms with Crippen LogP contribution in [0.3, 0.4) is 0 Å². The van der Waals surface area contributed by atoms with Crippen molar-refractivity contribution in [1.29, 1.82) is 0 Å². The van der Waals surface area contributed by atoms with Crippen molar-refractivity contribution in [1.82, 2.24) is 5.32 Å². The Balaban J connectivity index is 1.85. The van der Waals surface area contributed by atoms with Crippen molar-refractivity contribution >= 4 is 11.6 Å². The highest BCUT2D eigenvalue weighted by molar-refractivity contribution is 6.18. The Bertz CT molecular complexity index is 413. The van der Waals surface area contributed by atoms with Crippen LogP contribution in [0, 0.1) is 11.7 Å². The van der Waals surface area contributed by atoms with E-state index in [0.717, 1.165) is 24.3 Å². The fraction of sp³-hybridized carbons (Fsp3) is 0.571. The average Bonchev–Trinajstić information content (AvgIpc) is 2.76.